The van der Waals surface area contributed by atoms with Crippen LogP contribution in [0.2, 0.25) is 0 Å². The lowest BCUT2D eigenvalue weighted by Gasteiger charge is -2.12. The molecule has 0 saturated heterocycles. The molecule has 0 atom stereocenters. The van der Waals surface area contributed by atoms with Crippen molar-refractivity contribution < 1.29 is 0 Å². The van der Waals surface area contributed by atoms with Crippen LogP contribution in [0.4, 0.5) is 0 Å². The average molecular weight is 727 g/mol. The summed E-state index contributed by atoms with van der Waals surface area (Å²) >= 11 is 0. The van der Waals surface area contributed by atoms with Gasteiger partial charge in [0, 0.05) is 61.1 Å². The molecule has 57 heavy (non-hydrogen) atoms. The molecular formula is C53H34N4. The van der Waals surface area contributed by atoms with Gasteiger partial charge in [0.2, 0.25) is 0 Å². The van der Waals surface area contributed by atoms with Crippen molar-refractivity contribution >= 4 is 65.4 Å². The molecule has 4 nitrogen and oxygen atoms in total. The quantitative estimate of drug-likeness (QED) is 0.174. The van der Waals surface area contributed by atoms with Crippen molar-refractivity contribution in [2.24, 2.45) is 0 Å². The predicted molar refractivity (Wildman–Crippen MR) is 238 cm³/mol. The number of hydrogen-bond donors (Lipinski definition) is 0. The number of rotatable bonds is 5. The summed E-state index contributed by atoms with van der Waals surface area (Å²) in [6.45, 7) is 0. The minimum Gasteiger partial charge on any atom is -0.309 e. The Labute approximate surface area is 328 Å². The fourth-order valence-electron chi connectivity index (χ4n) is 9.14. The maximum absolute atomic E-state index is 4.70. The zero-order valence-electron chi connectivity index (χ0n) is 30.9. The van der Waals surface area contributed by atoms with E-state index in [0.29, 0.717) is 0 Å². The SMILES string of the molecule is c1ccc(-c2ccc3c(c2)c2cc4c5cc(-n6c7ccccc7c7ccccc76)ccc5n(-c5ccccc5)c4cc2n3-c2cccc(-c3ccccn3)c2)cc1. The van der Waals surface area contributed by atoms with Crippen molar-refractivity contribution in [1.29, 1.82) is 0 Å². The second-order valence-electron chi connectivity index (χ2n) is 14.8. The van der Waals surface area contributed by atoms with E-state index in [1.807, 2.05) is 18.3 Å². The second-order valence-corrected chi connectivity index (χ2v) is 14.8. The van der Waals surface area contributed by atoms with Gasteiger partial charge in [-0.15, -0.1) is 0 Å². The number of nitrogens with zero attached hydrogens (tertiary/aromatic N) is 4. The molecule has 0 amide bonds. The van der Waals surface area contributed by atoms with Gasteiger partial charge in [-0.05, 0) is 102 Å². The lowest BCUT2D eigenvalue weighted by Crippen LogP contribution is -1.97. The third kappa shape index (κ3) is 4.84. The minimum atomic E-state index is 0.956. The Hall–Kier alpha value is -7.69. The molecule has 0 spiro atoms. The van der Waals surface area contributed by atoms with Crippen molar-refractivity contribution in [2.45, 2.75) is 0 Å². The highest BCUT2D eigenvalue weighted by molar-refractivity contribution is 6.20. The number of fused-ring (bicyclic) bond motifs is 9. The minimum absolute atomic E-state index is 0.956. The lowest BCUT2D eigenvalue weighted by molar-refractivity contribution is 1.16. The van der Waals surface area contributed by atoms with E-state index in [0.717, 1.165) is 44.9 Å². The smallest absolute Gasteiger partial charge is 0.0702 e. The van der Waals surface area contributed by atoms with Gasteiger partial charge >= 0.3 is 0 Å². The Bertz CT molecular complexity index is 3450. The first-order valence-electron chi connectivity index (χ1n) is 19.5. The van der Waals surface area contributed by atoms with Gasteiger partial charge in [0.05, 0.1) is 38.8 Å². The Balaban J connectivity index is 1.19. The molecule has 0 unspecified atom stereocenters. The molecule has 4 aromatic heterocycles. The van der Waals surface area contributed by atoms with Crippen LogP contribution in [0.15, 0.2) is 206 Å². The van der Waals surface area contributed by atoms with E-state index in [1.54, 1.807) is 0 Å². The molecule has 0 bridgehead atoms. The largest absolute Gasteiger partial charge is 0.309 e. The van der Waals surface area contributed by atoms with Gasteiger partial charge in [-0.2, -0.15) is 0 Å². The van der Waals surface area contributed by atoms with Gasteiger partial charge in [-0.25, -0.2) is 0 Å². The van der Waals surface area contributed by atoms with Crippen LogP contribution in [0.5, 0.6) is 0 Å². The van der Waals surface area contributed by atoms with Crippen LogP contribution in [0.3, 0.4) is 0 Å². The predicted octanol–water partition coefficient (Wildman–Crippen LogP) is 13.7. The molecule has 0 aliphatic heterocycles. The molecule has 4 heterocycles. The zero-order chi connectivity index (χ0) is 37.5. The highest BCUT2D eigenvalue weighted by Gasteiger charge is 2.21. The molecule has 4 heteroatoms. The lowest BCUT2D eigenvalue weighted by atomic mass is 10.0. The maximum Gasteiger partial charge on any atom is 0.0702 e. The maximum atomic E-state index is 4.70. The number of aromatic nitrogens is 4. The summed E-state index contributed by atoms with van der Waals surface area (Å²) in [5, 5.41) is 7.39. The molecule has 0 N–H and O–H groups in total. The first kappa shape index (κ1) is 31.6. The summed E-state index contributed by atoms with van der Waals surface area (Å²) in [5.41, 5.74) is 14.9. The summed E-state index contributed by atoms with van der Waals surface area (Å²) in [6.07, 6.45) is 1.86. The fraction of sp³-hybridized carbons (Fsp3) is 0. The third-order valence-corrected chi connectivity index (χ3v) is 11.7. The number of hydrogen-bond acceptors (Lipinski definition) is 1. The number of para-hydroxylation sites is 3. The number of pyridine rings is 1. The van der Waals surface area contributed by atoms with Crippen LogP contribution in [0.1, 0.15) is 0 Å². The summed E-state index contributed by atoms with van der Waals surface area (Å²) in [5.74, 6) is 0. The summed E-state index contributed by atoms with van der Waals surface area (Å²) in [4.78, 5) is 4.70. The van der Waals surface area contributed by atoms with Crippen LogP contribution < -0.4 is 0 Å². The van der Waals surface area contributed by atoms with Crippen molar-refractivity contribution in [3.63, 3.8) is 0 Å². The zero-order valence-corrected chi connectivity index (χ0v) is 30.9. The van der Waals surface area contributed by atoms with E-state index >= 15 is 0 Å². The monoisotopic (exact) mass is 726 g/mol. The molecule has 0 fully saturated rings. The van der Waals surface area contributed by atoms with Gasteiger partial charge < -0.3 is 13.7 Å². The Morgan fingerprint density at radius 2 is 0.789 bits per heavy atom. The first-order chi connectivity index (χ1) is 28.3. The van der Waals surface area contributed by atoms with Crippen molar-refractivity contribution in [3.8, 4) is 39.4 Å². The molecule has 0 aliphatic carbocycles. The summed E-state index contributed by atoms with van der Waals surface area (Å²) in [7, 11) is 0. The van der Waals surface area contributed by atoms with Gasteiger partial charge in [0.1, 0.15) is 0 Å². The Morgan fingerprint density at radius 3 is 1.51 bits per heavy atom. The molecule has 0 saturated carbocycles. The van der Waals surface area contributed by atoms with E-state index in [2.05, 4.69) is 202 Å². The first-order valence-corrected chi connectivity index (χ1v) is 19.5. The van der Waals surface area contributed by atoms with Crippen LogP contribution in [-0.2, 0) is 0 Å². The van der Waals surface area contributed by atoms with Crippen molar-refractivity contribution in [3.05, 3.63) is 206 Å². The standard InChI is InChI=1S/C53H34N4/c1-3-14-35(15-4-1)36-25-27-50-43(31-36)45-33-46-44-32-40(56-48-23-9-7-20-41(48)42-21-8-10-24-49(42)56)26-28-51(44)55(38-17-5-2-6-18-38)52(46)34-53(45)57(50)39-19-13-16-37(30-39)47-22-11-12-29-54-47/h1-34H. The third-order valence-electron chi connectivity index (χ3n) is 11.7. The van der Waals surface area contributed by atoms with Crippen LogP contribution in [-0.4, -0.2) is 18.7 Å². The van der Waals surface area contributed by atoms with Crippen LogP contribution in [0.25, 0.3) is 105 Å². The van der Waals surface area contributed by atoms with Crippen LogP contribution >= 0.6 is 0 Å². The van der Waals surface area contributed by atoms with Crippen molar-refractivity contribution in [1.82, 2.24) is 18.7 Å². The fourth-order valence-corrected chi connectivity index (χ4v) is 9.14. The van der Waals surface area contributed by atoms with Crippen LogP contribution in [0, 0.1) is 0 Å². The molecule has 8 aromatic carbocycles. The van der Waals surface area contributed by atoms with Crippen molar-refractivity contribution in [2.75, 3.05) is 0 Å². The molecule has 12 aromatic rings. The van der Waals surface area contributed by atoms with E-state index in [9.17, 15) is 0 Å². The van der Waals surface area contributed by atoms with Gasteiger partial charge in [-0.3, -0.25) is 4.98 Å². The molecule has 12 rings (SSSR count). The molecule has 266 valence electrons. The van der Waals surface area contributed by atoms with E-state index in [1.165, 1.54) is 60.0 Å². The molecular weight excluding hydrogens is 693 g/mol. The van der Waals surface area contributed by atoms with Gasteiger partial charge in [0.25, 0.3) is 0 Å². The Morgan fingerprint density at radius 1 is 0.263 bits per heavy atom. The molecule has 0 aliphatic rings. The topological polar surface area (TPSA) is 27.7 Å². The molecule has 0 radical (unpaired) electrons. The van der Waals surface area contributed by atoms with E-state index in [-0.39, 0.29) is 0 Å². The van der Waals surface area contributed by atoms with E-state index < -0.39 is 0 Å². The summed E-state index contributed by atoms with van der Waals surface area (Å²) < 4.78 is 7.28. The highest BCUT2D eigenvalue weighted by Crippen LogP contribution is 2.42. The summed E-state index contributed by atoms with van der Waals surface area (Å²) in [6, 6.07) is 72.6. The second kappa shape index (κ2) is 12.4. The number of benzene rings is 8. The average Bonchev–Trinajstić information content (AvgIpc) is 3.91. The Kier molecular flexibility index (Phi) is 6.89. The van der Waals surface area contributed by atoms with Gasteiger partial charge in [0.15, 0.2) is 0 Å². The van der Waals surface area contributed by atoms with E-state index in [4.69, 9.17) is 4.98 Å². The normalized spacial score (nSPS) is 11.9. The highest BCUT2D eigenvalue weighted by atomic mass is 15.0. The van der Waals surface area contributed by atoms with Gasteiger partial charge in [-0.1, -0.05) is 109 Å².